The summed E-state index contributed by atoms with van der Waals surface area (Å²) in [6.45, 7) is 7.56. The Bertz CT molecular complexity index is 752. The molecule has 0 spiro atoms. The normalized spacial score (nSPS) is 15.6. The van der Waals surface area contributed by atoms with Crippen molar-refractivity contribution in [1.29, 1.82) is 0 Å². The van der Waals surface area contributed by atoms with E-state index in [4.69, 9.17) is 4.74 Å². The van der Waals surface area contributed by atoms with E-state index in [1.54, 1.807) is 9.80 Å². The lowest BCUT2D eigenvalue weighted by molar-refractivity contribution is 0.0141. The maximum Gasteiger partial charge on any atom is 0.410 e. The van der Waals surface area contributed by atoms with Gasteiger partial charge < -0.3 is 19.5 Å². The number of ether oxygens (including phenoxy) is 1. The van der Waals surface area contributed by atoms with Crippen LogP contribution in [0, 0.1) is 0 Å². The number of hydrogen-bond acceptors (Lipinski definition) is 3. The van der Waals surface area contributed by atoms with Crippen LogP contribution in [0.25, 0.3) is 10.9 Å². The minimum Gasteiger partial charge on any atom is -0.444 e. The fraction of sp³-hybridized carbons (Fsp3) is 0.444. The number of H-pyrrole nitrogens is 1. The average Bonchev–Trinajstić information content (AvgIpc) is 3.00. The molecule has 2 amide bonds. The van der Waals surface area contributed by atoms with E-state index >= 15 is 0 Å². The van der Waals surface area contributed by atoms with Crippen molar-refractivity contribution in [2.45, 2.75) is 26.4 Å². The number of piperazine rings is 1. The number of carbonyl (C=O) groups excluding carboxylic acids is 2. The third kappa shape index (κ3) is 3.53. The van der Waals surface area contributed by atoms with Crippen LogP contribution >= 0.6 is 0 Å². The number of amides is 2. The summed E-state index contributed by atoms with van der Waals surface area (Å²) in [5.41, 5.74) is 1.11. The molecule has 2 aromatic rings. The van der Waals surface area contributed by atoms with Crippen molar-refractivity contribution >= 4 is 22.9 Å². The summed E-state index contributed by atoms with van der Waals surface area (Å²) in [5.74, 6) is -0.00432. The Morgan fingerprint density at radius 3 is 2.38 bits per heavy atom. The SMILES string of the molecule is CC(C)(C)OC(=O)N1CCN(C(=O)c2ccc3cc[nH]c3c2)CC1. The molecule has 6 heteroatoms. The summed E-state index contributed by atoms with van der Waals surface area (Å²) in [6.07, 6.45) is 1.54. The van der Waals surface area contributed by atoms with Gasteiger partial charge in [-0.3, -0.25) is 4.79 Å². The molecule has 0 atom stereocenters. The number of aromatic nitrogens is 1. The number of nitrogens with zero attached hydrogens (tertiary/aromatic N) is 2. The van der Waals surface area contributed by atoms with E-state index in [1.165, 1.54) is 0 Å². The fourth-order valence-electron chi connectivity index (χ4n) is 2.78. The molecular weight excluding hydrogens is 306 g/mol. The molecule has 1 N–H and O–H groups in total. The van der Waals surface area contributed by atoms with Crippen LogP contribution in [-0.4, -0.2) is 58.6 Å². The molecule has 0 bridgehead atoms. The fourth-order valence-corrected chi connectivity index (χ4v) is 2.78. The zero-order chi connectivity index (χ0) is 17.3. The van der Waals surface area contributed by atoms with Gasteiger partial charge in [0, 0.05) is 43.5 Å². The highest BCUT2D eigenvalue weighted by molar-refractivity contribution is 5.98. The molecule has 0 aliphatic carbocycles. The first-order valence-electron chi connectivity index (χ1n) is 8.18. The topological polar surface area (TPSA) is 65.6 Å². The maximum atomic E-state index is 12.6. The molecule has 0 saturated carbocycles. The number of benzene rings is 1. The van der Waals surface area contributed by atoms with Crippen molar-refractivity contribution in [2.24, 2.45) is 0 Å². The quantitative estimate of drug-likeness (QED) is 0.875. The van der Waals surface area contributed by atoms with Crippen molar-refractivity contribution in [3.8, 4) is 0 Å². The lowest BCUT2D eigenvalue weighted by atomic mass is 10.1. The van der Waals surface area contributed by atoms with Gasteiger partial charge in [0.25, 0.3) is 5.91 Å². The number of fused-ring (bicyclic) bond motifs is 1. The number of carbonyl (C=O) groups is 2. The van der Waals surface area contributed by atoms with Gasteiger partial charge in [0.15, 0.2) is 0 Å². The zero-order valence-corrected chi connectivity index (χ0v) is 14.3. The molecule has 1 fully saturated rings. The standard InChI is InChI=1S/C18H23N3O3/c1-18(2,3)24-17(23)21-10-8-20(9-11-21)16(22)14-5-4-13-6-7-19-15(13)12-14/h4-7,12,19H,8-11H2,1-3H3. The highest BCUT2D eigenvalue weighted by atomic mass is 16.6. The van der Waals surface area contributed by atoms with Gasteiger partial charge in [-0.1, -0.05) is 6.07 Å². The molecular formula is C18H23N3O3. The molecule has 24 heavy (non-hydrogen) atoms. The Hall–Kier alpha value is -2.50. The van der Waals surface area contributed by atoms with Gasteiger partial charge in [-0.15, -0.1) is 0 Å². The van der Waals surface area contributed by atoms with Crippen molar-refractivity contribution < 1.29 is 14.3 Å². The van der Waals surface area contributed by atoms with E-state index in [1.807, 2.05) is 51.2 Å². The van der Waals surface area contributed by atoms with Crippen molar-refractivity contribution in [3.05, 3.63) is 36.0 Å². The summed E-state index contributed by atoms with van der Waals surface area (Å²) in [4.78, 5) is 31.3. The van der Waals surface area contributed by atoms with Crippen LogP contribution in [0.15, 0.2) is 30.5 Å². The molecule has 0 radical (unpaired) electrons. The Morgan fingerprint density at radius 2 is 1.71 bits per heavy atom. The summed E-state index contributed by atoms with van der Waals surface area (Å²) < 4.78 is 5.38. The number of rotatable bonds is 1. The second-order valence-corrected chi connectivity index (χ2v) is 7.04. The van der Waals surface area contributed by atoms with Crippen LogP contribution in [0.2, 0.25) is 0 Å². The van der Waals surface area contributed by atoms with Gasteiger partial charge in [-0.05, 0) is 44.4 Å². The number of hydrogen-bond donors (Lipinski definition) is 1. The number of aromatic amines is 1. The Labute approximate surface area is 141 Å². The zero-order valence-electron chi connectivity index (χ0n) is 14.3. The molecule has 1 aliphatic rings. The monoisotopic (exact) mass is 329 g/mol. The number of nitrogens with one attached hydrogen (secondary N) is 1. The predicted octanol–water partition coefficient (Wildman–Crippen LogP) is 2.86. The predicted molar refractivity (Wildman–Crippen MR) is 92.0 cm³/mol. The highest BCUT2D eigenvalue weighted by Gasteiger charge is 2.28. The minimum atomic E-state index is -0.504. The summed E-state index contributed by atoms with van der Waals surface area (Å²) >= 11 is 0. The van der Waals surface area contributed by atoms with Crippen LogP contribution in [0.1, 0.15) is 31.1 Å². The molecule has 1 aromatic carbocycles. The molecule has 2 heterocycles. The smallest absolute Gasteiger partial charge is 0.410 e. The molecule has 3 rings (SSSR count). The Morgan fingerprint density at radius 1 is 1.04 bits per heavy atom. The van der Waals surface area contributed by atoms with E-state index in [2.05, 4.69) is 4.98 Å². The lowest BCUT2D eigenvalue weighted by Crippen LogP contribution is -2.51. The molecule has 1 aliphatic heterocycles. The van der Waals surface area contributed by atoms with Crippen LogP contribution in [0.4, 0.5) is 4.79 Å². The van der Waals surface area contributed by atoms with Gasteiger partial charge in [0.2, 0.25) is 0 Å². The van der Waals surface area contributed by atoms with Crippen molar-refractivity contribution in [1.82, 2.24) is 14.8 Å². The van der Waals surface area contributed by atoms with Crippen LogP contribution in [0.3, 0.4) is 0 Å². The molecule has 0 unspecified atom stereocenters. The van der Waals surface area contributed by atoms with Crippen LogP contribution < -0.4 is 0 Å². The summed E-state index contributed by atoms with van der Waals surface area (Å²) in [5, 5.41) is 1.08. The van der Waals surface area contributed by atoms with Gasteiger partial charge in [-0.25, -0.2) is 4.79 Å². The third-order valence-electron chi connectivity index (χ3n) is 4.02. The second-order valence-electron chi connectivity index (χ2n) is 7.04. The molecule has 6 nitrogen and oxygen atoms in total. The second kappa shape index (κ2) is 6.19. The van der Waals surface area contributed by atoms with E-state index in [0.29, 0.717) is 31.7 Å². The van der Waals surface area contributed by atoms with Crippen molar-refractivity contribution in [3.63, 3.8) is 0 Å². The van der Waals surface area contributed by atoms with Crippen LogP contribution in [-0.2, 0) is 4.74 Å². The van der Waals surface area contributed by atoms with Gasteiger partial charge in [0.1, 0.15) is 5.60 Å². The largest absolute Gasteiger partial charge is 0.444 e. The molecule has 1 aromatic heterocycles. The first kappa shape index (κ1) is 16.4. The van der Waals surface area contributed by atoms with Crippen molar-refractivity contribution in [2.75, 3.05) is 26.2 Å². The highest BCUT2D eigenvalue weighted by Crippen LogP contribution is 2.17. The van der Waals surface area contributed by atoms with Crippen LogP contribution in [0.5, 0.6) is 0 Å². The summed E-state index contributed by atoms with van der Waals surface area (Å²) in [7, 11) is 0. The minimum absolute atomic E-state index is 0.00432. The Balaban J connectivity index is 1.61. The summed E-state index contributed by atoms with van der Waals surface area (Å²) in [6, 6.07) is 7.63. The third-order valence-corrected chi connectivity index (χ3v) is 4.02. The molecule has 128 valence electrons. The first-order chi connectivity index (χ1) is 11.3. The first-order valence-corrected chi connectivity index (χ1v) is 8.18. The van der Waals surface area contributed by atoms with E-state index in [0.717, 1.165) is 10.9 Å². The van der Waals surface area contributed by atoms with E-state index in [9.17, 15) is 9.59 Å². The van der Waals surface area contributed by atoms with Gasteiger partial charge in [0.05, 0.1) is 0 Å². The van der Waals surface area contributed by atoms with E-state index in [-0.39, 0.29) is 12.0 Å². The average molecular weight is 329 g/mol. The van der Waals surface area contributed by atoms with E-state index < -0.39 is 5.60 Å². The van der Waals surface area contributed by atoms with Gasteiger partial charge >= 0.3 is 6.09 Å². The Kier molecular flexibility index (Phi) is 4.22. The molecule has 1 saturated heterocycles. The maximum absolute atomic E-state index is 12.6. The van der Waals surface area contributed by atoms with Gasteiger partial charge in [-0.2, -0.15) is 0 Å². The lowest BCUT2D eigenvalue weighted by Gasteiger charge is -2.35.